The Morgan fingerprint density at radius 3 is 2.70 bits per heavy atom. The number of aromatic nitrogens is 3. The van der Waals surface area contributed by atoms with E-state index in [-0.39, 0.29) is 17.1 Å². The quantitative estimate of drug-likeness (QED) is 0.822. The molecule has 2 heterocycles. The first-order valence-corrected chi connectivity index (χ1v) is 5.31. The fraction of sp³-hybridized carbons (Fsp3) is 0.182. The highest BCUT2D eigenvalue weighted by Crippen LogP contribution is 2.36. The van der Waals surface area contributed by atoms with E-state index in [1.807, 2.05) is 0 Å². The van der Waals surface area contributed by atoms with Gasteiger partial charge in [-0.3, -0.25) is 10.1 Å². The third-order valence-electron chi connectivity index (χ3n) is 2.52. The van der Waals surface area contributed by atoms with Gasteiger partial charge < -0.3 is 10.5 Å². The minimum atomic E-state index is -4.63. The summed E-state index contributed by atoms with van der Waals surface area (Å²) in [6, 6.07) is 1.98. The topological polar surface area (TPSA) is 93.9 Å². The lowest BCUT2D eigenvalue weighted by atomic mass is 10.1. The number of nitrogen functional groups attached to an aromatic ring is 1. The van der Waals surface area contributed by atoms with Gasteiger partial charge in [0.1, 0.15) is 22.8 Å². The van der Waals surface area contributed by atoms with Crippen LogP contribution in [0.3, 0.4) is 0 Å². The number of H-pyrrole nitrogens is 1. The molecular formula is C11H9F3N4O2. The van der Waals surface area contributed by atoms with Gasteiger partial charge in [0.15, 0.2) is 0 Å². The Morgan fingerprint density at radius 2 is 2.10 bits per heavy atom. The van der Waals surface area contributed by atoms with Crippen LogP contribution in [0.15, 0.2) is 18.3 Å². The number of rotatable bonds is 2. The van der Waals surface area contributed by atoms with Crippen molar-refractivity contribution in [3.63, 3.8) is 0 Å². The molecule has 3 N–H and O–H groups in total. The summed E-state index contributed by atoms with van der Waals surface area (Å²) in [6.07, 6.45) is -3.47. The fourth-order valence-corrected chi connectivity index (χ4v) is 1.66. The number of pyridine rings is 1. The molecule has 0 fully saturated rings. The van der Waals surface area contributed by atoms with Gasteiger partial charge in [-0.15, -0.1) is 0 Å². The number of nitrogens with two attached hydrogens (primary N) is 1. The van der Waals surface area contributed by atoms with Gasteiger partial charge in [-0.1, -0.05) is 0 Å². The monoisotopic (exact) mass is 286 g/mol. The molecule has 0 atom stereocenters. The lowest BCUT2D eigenvalue weighted by Crippen LogP contribution is -2.11. The van der Waals surface area contributed by atoms with E-state index in [0.29, 0.717) is 0 Å². The molecule has 0 aromatic carbocycles. The molecule has 2 aromatic rings. The van der Waals surface area contributed by atoms with Crippen molar-refractivity contribution < 1.29 is 22.7 Å². The Bertz CT molecular complexity index is 651. The highest BCUT2D eigenvalue weighted by molar-refractivity contribution is 6.00. The van der Waals surface area contributed by atoms with E-state index in [2.05, 4.69) is 19.9 Å². The van der Waals surface area contributed by atoms with E-state index in [1.165, 1.54) is 0 Å². The van der Waals surface area contributed by atoms with Crippen molar-refractivity contribution in [1.82, 2.24) is 15.2 Å². The van der Waals surface area contributed by atoms with Gasteiger partial charge in [0.25, 0.3) is 0 Å². The van der Waals surface area contributed by atoms with Crippen molar-refractivity contribution in [1.29, 1.82) is 0 Å². The van der Waals surface area contributed by atoms with E-state index >= 15 is 0 Å². The van der Waals surface area contributed by atoms with E-state index in [4.69, 9.17) is 5.73 Å². The van der Waals surface area contributed by atoms with Gasteiger partial charge in [0.05, 0.1) is 12.7 Å². The molecule has 106 valence electrons. The Morgan fingerprint density at radius 1 is 1.40 bits per heavy atom. The van der Waals surface area contributed by atoms with Crippen molar-refractivity contribution in [2.24, 2.45) is 0 Å². The molecule has 9 heteroatoms. The molecule has 0 saturated heterocycles. The molecule has 0 unspecified atom stereocenters. The van der Waals surface area contributed by atoms with Crippen LogP contribution in [0, 0.1) is 0 Å². The Balaban J connectivity index is 2.68. The molecule has 2 aromatic heterocycles. The number of hydrogen-bond donors (Lipinski definition) is 2. The van der Waals surface area contributed by atoms with Crippen molar-refractivity contribution in [3.8, 4) is 11.4 Å². The van der Waals surface area contributed by atoms with Crippen LogP contribution in [-0.2, 0) is 10.9 Å². The fourth-order valence-electron chi connectivity index (χ4n) is 1.66. The van der Waals surface area contributed by atoms with Gasteiger partial charge >= 0.3 is 12.1 Å². The molecular weight excluding hydrogens is 277 g/mol. The number of halogens is 3. The number of methoxy groups -OCH3 is 1. The van der Waals surface area contributed by atoms with Gasteiger partial charge in [-0.05, 0) is 12.1 Å². The van der Waals surface area contributed by atoms with E-state index in [0.717, 1.165) is 25.4 Å². The summed E-state index contributed by atoms with van der Waals surface area (Å²) in [5.41, 5.74) is 3.39. The first-order chi connectivity index (χ1) is 9.36. The predicted molar refractivity (Wildman–Crippen MR) is 62.6 cm³/mol. The second-order valence-electron chi connectivity index (χ2n) is 3.75. The van der Waals surface area contributed by atoms with Gasteiger partial charge in [-0.2, -0.15) is 18.3 Å². The number of nitrogens with zero attached hydrogens (tertiary/aromatic N) is 2. The molecule has 0 aliphatic rings. The van der Waals surface area contributed by atoms with Crippen LogP contribution >= 0.6 is 0 Å². The predicted octanol–water partition coefficient (Wildman–Crippen LogP) is 1.86. The summed E-state index contributed by atoms with van der Waals surface area (Å²) in [5.74, 6) is -1.09. The molecule has 2 rings (SSSR count). The SMILES string of the molecule is COC(=O)c1c(-c2ncccc2C(F)(F)F)n[nH]c1N. The van der Waals surface area contributed by atoms with Crippen LogP contribution < -0.4 is 5.73 Å². The summed E-state index contributed by atoms with van der Waals surface area (Å²) < 4.78 is 43.3. The molecule has 0 amide bonds. The maximum atomic E-state index is 12.9. The molecule has 0 bridgehead atoms. The minimum Gasteiger partial charge on any atom is -0.465 e. The number of carbonyl (C=O) groups excluding carboxylic acids is 1. The lowest BCUT2D eigenvalue weighted by molar-refractivity contribution is -0.137. The zero-order chi connectivity index (χ0) is 14.9. The standard InChI is InChI=1S/C11H9F3N4O2/c1-20-10(19)6-8(17-18-9(6)15)7-5(11(12,13)14)3-2-4-16-7/h2-4H,1H3,(H3,15,17,18). The Labute approximate surface area is 110 Å². The number of hydrogen-bond acceptors (Lipinski definition) is 5. The second kappa shape index (κ2) is 4.83. The Kier molecular flexibility index (Phi) is 3.35. The molecule has 6 nitrogen and oxygen atoms in total. The maximum absolute atomic E-state index is 12.9. The van der Waals surface area contributed by atoms with Gasteiger partial charge in [0, 0.05) is 6.20 Å². The Hall–Kier alpha value is -2.58. The number of carbonyl (C=O) groups is 1. The summed E-state index contributed by atoms with van der Waals surface area (Å²) in [7, 11) is 1.08. The van der Waals surface area contributed by atoms with Crippen LogP contribution in [0.4, 0.5) is 19.0 Å². The number of anilines is 1. The molecule has 0 aliphatic heterocycles. The summed E-state index contributed by atoms with van der Waals surface area (Å²) in [6.45, 7) is 0. The third-order valence-corrected chi connectivity index (χ3v) is 2.52. The van der Waals surface area contributed by atoms with Crippen LogP contribution in [0.5, 0.6) is 0 Å². The zero-order valence-corrected chi connectivity index (χ0v) is 10.2. The second-order valence-corrected chi connectivity index (χ2v) is 3.75. The van der Waals surface area contributed by atoms with E-state index in [1.54, 1.807) is 0 Å². The molecule has 0 aliphatic carbocycles. The molecule has 0 saturated carbocycles. The first-order valence-electron chi connectivity index (χ1n) is 5.31. The molecule has 0 radical (unpaired) electrons. The van der Waals surface area contributed by atoms with Crippen LogP contribution in [0.25, 0.3) is 11.4 Å². The lowest BCUT2D eigenvalue weighted by Gasteiger charge is -2.10. The van der Waals surface area contributed by atoms with Crippen LogP contribution in [-0.4, -0.2) is 28.3 Å². The molecule has 0 spiro atoms. The van der Waals surface area contributed by atoms with Crippen molar-refractivity contribution >= 4 is 11.8 Å². The smallest absolute Gasteiger partial charge is 0.418 e. The van der Waals surface area contributed by atoms with E-state index < -0.39 is 23.4 Å². The number of ether oxygens (including phenoxy) is 1. The first kappa shape index (κ1) is 13.8. The number of alkyl halides is 3. The van der Waals surface area contributed by atoms with Crippen molar-refractivity contribution in [3.05, 3.63) is 29.5 Å². The normalized spacial score (nSPS) is 11.4. The third kappa shape index (κ3) is 2.29. The summed E-state index contributed by atoms with van der Waals surface area (Å²) in [4.78, 5) is 15.2. The number of esters is 1. The highest BCUT2D eigenvalue weighted by Gasteiger charge is 2.36. The largest absolute Gasteiger partial charge is 0.465 e. The van der Waals surface area contributed by atoms with Crippen molar-refractivity contribution in [2.75, 3.05) is 12.8 Å². The zero-order valence-electron chi connectivity index (χ0n) is 10.2. The number of aromatic amines is 1. The van der Waals surface area contributed by atoms with Crippen LogP contribution in [0.1, 0.15) is 15.9 Å². The van der Waals surface area contributed by atoms with Crippen LogP contribution in [0.2, 0.25) is 0 Å². The van der Waals surface area contributed by atoms with Gasteiger partial charge in [0.2, 0.25) is 0 Å². The van der Waals surface area contributed by atoms with E-state index in [9.17, 15) is 18.0 Å². The van der Waals surface area contributed by atoms with Crippen molar-refractivity contribution in [2.45, 2.75) is 6.18 Å². The molecule has 20 heavy (non-hydrogen) atoms. The highest BCUT2D eigenvalue weighted by atomic mass is 19.4. The average molecular weight is 286 g/mol. The summed E-state index contributed by atoms with van der Waals surface area (Å²) >= 11 is 0. The van der Waals surface area contributed by atoms with Gasteiger partial charge in [-0.25, -0.2) is 4.79 Å². The maximum Gasteiger partial charge on any atom is 0.418 e. The minimum absolute atomic E-state index is 0.189. The summed E-state index contributed by atoms with van der Waals surface area (Å²) in [5, 5.41) is 5.87. The number of nitrogens with one attached hydrogen (secondary N) is 1. The average Bonchev–Trinajstić information content (AvgIpc) is 2.78.